The van der Waals surface area contributed by atoms with E-state index in [1.54, 1.807) is 0 Å². The van der Waals surface area contributed by atoms with Gasteiger partial charge >= 0.3 is 0 Å². The first-order chi connectivity index (χ1) is 3.43. The lowest BCUT2D eigenvalue weighted by Gasteiger charge is -2.23. The molecule has 1 heterocycles. The van der Waals surface area contributed by atoms with Gasteiger partial charge in [0.2, 0.25) is 0 Å². The average molecular weight is 100 g/mol. The first-order valence-corrected chi connectivity index (χ1v) is 2.48. The summed E-state index contributed by atoms with van der Waals surface area (Å²) in [6.07, 6.45) is 2.82. The molecule has 1 aliphatic heterocycles. The molecule has 0 radical (unpaired) electrons. The van der Waals surface area contributed by atoms with Crippen LogP contribution >= 0.6 is 0 Å². The molecule has 0 N–H and O–H groups in total. The summed E-state index contributed by atoms with van der Waals surface area (Å²) in [7, 11) is 0. The van der Waals surface area contributed by atoms with Crippen LogP contribution in [-0.4, -0.2) is 19.0 Å². The number of hydrogen-bond acceptors (Lipinski definition) is 2. The zero-order valence-corrected chi connectivity index (χ0v) is 4.09. The number of carbonyl (C=O) groups is 1. The largest absolute Gasteiger partial charge is 0.378 e. The normalized spacial score (nSPS) is 28.9. The molecule has 1 aliphatic rings. The molecule has 0 bridgehead atoms. The van der Waals surface area contributed by atoms with Crippen LogP contribution in [-0.2, 0) is 9.53 Å². The Morgan fingerprint density at radius 2 is 2.57 bits per heavy atom. The Bertz CT molecular complexity index is 66.5. The molecule has 2 nitrogen and oxygen atoms in total. The van der Waals surface area contributed by atoms with Crippen LogP contribution in [0, 0.1) is 0 Å². The van der Waals surface area contributed by atoms with Crippen molar-refractivity contribution in [2.75, 3.05) is 6.61 Å². The van der Waals surface area contributed by atoms with Gasteiger partial charge in [-0.1, -0.05) is 0 Å². The maximum Gasteiger partial charge on any atom is 0.122 e. The van der Waals surface area contributed by atoms with Gasteiger partial charge in [-0.3, -0.25) is 0 Å². The van der Waals surface area contributed by atoms with Crippen molar-refractivity contribution in [3.8, 4) is 0 Å². The van der Waals surface area contributed by atoms with E-state index in [0.29, 0.717) is 6.42 Å². The van der Waals surface area contributed by atoms with Gasteiger partial charge in [-0.25, -0.2) is 0 Å². The van der Waals surface area contributed by atoms with Crippen molar-refractivity contribution in [2.24, 2.45) is 0 Å². The minimum absolute atomic E-state index is 0.262. The van der Waals surface area contributed by atoms with Crippen LogP contribution in [0.5, 0.6) is 0 Å². The molecule has 0 aromatic rings. The molecule has 1 fully saturated rings. The van der Waals surface area contributed by atoms with Crippen LogP contribution in [0.1, 0.15) is 12.8 Å². The van der Waals surface area contributed by atoms with E-state index in [1.807, 2.05) is 0 Å². The van der Waals surface area contributed by atoms with E-state index < -0.39 is 0 Å². The first kappa shape index (κ1) is 4.78. The fraction of sp³-hybridized carbons (Fsp3) is 0.800. The quantitative estimate of drug-likeness (QED) is 0.468. The lowest BCUT2D eigenvalue weighted by Crippen LogP contribution is -2.26. The van der Waals surface area contributed by atoms with E-state index >= 15 is 0 Å². The van der Waals surface area contributed by atoms with E-state index in [4.69, 9.17) is 4.74 Å². The molecule has 2 heteroatoms. The first-order valence-electron chi connectivity index (χ1n) is 2.48. The summed E-state index contributed by atoms with van der Waals surface area (Å²) in [6.45, 7) is 0.846. The third kappa shape index (κ3) is 0.996. The van der Waals surface area contributed by atoms with Gasteiger partial charge in [-0.05, 0) is 6.42 Å². The molecule has 1 rings (SSSR count). The van der Waals surface area contributed by atoms with Gasteiger partial charge in [0.05, 0.1) is 6.10 Å². The summed E-state index contributed by atoms with van der Waals surface area (Å²) in [4.78, 5) is 9.73. The summed E-state index contributed by atoms with van der Waals surface area (Å²) in [6, 6.07) is 0. The highest BCUT2D eigenvalue weighted by Crippen LogP contribution is 2.12. The Hall–Kier alpha value is -0.370. The summed E-state index contributed by atoms with van der Waals surface area (Å²) in [5, 5.41) is 0. The van der Waals surface area contributed by atoms with Crippen LogP contribution < -0.4 is 0 Å². The molecule has 0 aromatic heterocycles. The molecule has 0 saturated carbocycles. The maximum atomic E-state index is 9.73. The molecule has 0 aromatic carbocycles. The third-order valence-electron chi connectivity index (χ3n) is 1.15. The van der Waals surface area contributed by atoms with Crippen LogP contribution in [0.25, 0.3) is 0 Å². The number of rotatable bonds is 2. The van der Waals surface area contributed by atoms with Gasteiger partial charge < -0.3 is 9.53 Å². The van der Waals surface area contributed by atoms with Gasteiger partial charge in [0, 0.05) is 13.0 Å². The van der Waals surface area contributed by atoms with Gasteiger partial charge in [-0.15, -0.1) is 0 Å². The van der Waals surface area contributed by atoms with Crippen molar-refractivity contribution in [2.45, 2.75) is 18.9 Å². The van der Waals surface area contributed by atoms with E-state index in [1.165, 1.54) is 0 Å². The molecule has 0 unspecified atom stereocenters. The highest BCUT2D eigenvalue weighted by Gasteiger charge is 2.16. The maximum absolute atomic E-state index is 9.73. The fourth-order valence-corrected chi connectivity index (χ4v) is 0.578. The Morgan fingerprint density at radius 3 is 2.71 bits per heavy atom. The number of hydrogen-bond donors (Lipinski definition) is 0. The highest BCUT2D eigenvalue weighted by molar-refractivity contribution is 5.50. The summed E-state index contributed by atoms with van der Waals surface area (Å²) < 4.78 is 4.94. The molecule has 0 spiro atoms. The monoisotopic (exact) mass is 100 g/mol. The minimum atomic E-state index is 0.262. The van der Waals surface area contributed by atoms with Crippen LogP contribution in [0.2, 0.25) is 0 Å². The SMILES string of the molecule is O=CC[C@@H]1CCO1. The Balaban J connectivity index is 2.03. The van der Waals surface area contributed by atoms with Crippen molar-refractivity contribution in [3.63, 3.8) is 0 Å². The van der Waals surface area contributed by atoms with Gasteiger partial charge in [0.1, 0.15) is 6.29 Å². The van der Waals surface area contributed by atoms with Crippen molar-refractivity contribution >= 4 is 6.29 Å². The molecule has 7 heavy (non-hydrogen) atoms. The van der Waals surface area contributed by atoms with Gasteiger partial charge in [0.25, 0.3) is 0 Å². The van der Waals surface area contributed by atoms with Crippen molar-refractivity contribution in [1.82, 2.24) is 0 Å². The van der Waals surface area contributed by atoms with Crippen LogP contribution in [0.15, 0.2) is 0 Å². The number of aldehydes is 1. The zero-order chi connectivity index (χ0) is 5.11. The minimum Gasteiger partial charge on any atom is -0.378 e. The average Bonchev–Trinajstić information content (AvgIpc) is 1.55. The molecule has 1 atom stereocenters. The highest BCUT2D eigenvalue weighted by atomic mass is 16.5. The molecule has 0 amide bonds. The second-order valence-corrected chi connectivity index (χ2v) is 1.68. The Kier molecular flexibility index (Phi) is 1.42. The molecular formula is C5H8O2. The summed E-state index contributed by atoms with van der Waals surface area (Å²) >= 11 is 0. The molecule has 40 valence electrons. The van der Waals surface area contributed by atoms with E-state index in [-0.39, 0.29) is 6.10 Å². The van der Waals surface area contributed by atoms with Gasteiger partial charge in [-0.2, -0.15) is 0 Å². The summed E-state index contributed by atoms with van der Waals surface area (Å²) in [5.74, 6) is 0. The summed E-state index contributed by atoms with van der Waals surface area (Å²) in [5.41, 5.74) is 0. The van der Waals surface area contributed by atoms with E-state index in [9.17, 15) is 4.79 Å². The predicted octanol–water partition coefficient (Wildman–Crippen LogP) is 0.364. The lowest BCUT2D eigenvalue weighted by atomic mass is 10.1. The van der Waals surface area contributed by atoms with Crippen LogP contribution in [0.3, 0.4) is 0 Å². The Labute approximate surface area is 42.5 Å². The van der Waals surface area contributed by atoms with E-state index in [0.717, 1.165) is 19.3 Å². The molecule has 1 saturated heterocycles. The topological polar surface area (TPSA) is 26.3 Å². The number of carbonyl (C=O) groups excluding carboxylic acids is 1. The second-order valence-electron chi connectivity index (χ2n) is 1.68. The Morgan fingerprint density at radius 1 is 1.86 bits per heavy atom. The number of ether oxygens (including phenoxy) is 1. The third-order valence-corrected chi connectivity index (χ3v) is 1.15. The van der Waals surface area contributed by atoms with Crippen LogP contribution in [0.4, 0.5) is 0 Å². The fourth-order valence-electron chi connectivity index (χ4n) is 0.578. The lowest BCUT2D eigenvalue weighted by molar-refractivity contribution is -0.115. The van der Waals surface area contributed by atoms with E-state index in [2.05, 4.69) is 0 Å². The van der Waals surface area contributed by atoms with Crippen molar-refractivity contribution in [3.05, 3.63) is 0 Å². The predicted molar refractivity (Wildman–Crippen MR) is 25.0 cm³/mol. The van der Waals surface area contributed by atoms with Gasteiger partial charge in [0.15, 0.2) is 0 Å². The van der Waals surface area contributed by atoms with Crippen molar-refractivity contribution < 1.29 is 9.53 Å². The zero-order valence-electron chi connectivity index (χ0n) is 4.09. The molecule has 0 aliphatic carbocycles. The molecular weight excluding hydrogens is 92.1 g/mol. The van der Waals surface area contributed by atoms with Crippen molar-refractivity contribution in [1.29, 1.82) is 0 Å². The second kappa shape index (κ2) is 2.07. The standard InChI is InChI=1S/C5H8O2/c6-3-1-5-2-4-7-5/h3,5H,1-2,4H2/t5-/m1/s1. The smallest absolute Gasteiger partial charge is 0.122 e.